The van der Waals surface area contributed by atoms with Crippen LogP contribution in [0.4, 0.5) is 8.78 Å². The van der Waals surface area contributed by atoms with Gasteiger partial charge in [-0.3, -0.25) is 0 Å². The molecule has 0 amide bonds. The van der Waals surface area contributed by atoms with E-state index in [4.69, 9.17) is 9.47 Å². The van der Waals surface area contributed by atoms with Crippen molar-refractivity contribution in [1.29, 1.82) is 0 Å². The fourth-order valence-corrected chi connectivity index (χ4v) is 3.03. The van der Waals surface area contributed by atoms with Crippen LogP contribution in [0.2, 0.25) is 0 Å². The number of methoxy groups -OCH3 is 2. The fourth-order valence-electron chi connectivity index (χ4n) is 2.29. The van der Waals surface area contributed by atoms with Crippen molar-refractivity contribution in [2.75, 3.05) is 33.9 Å². The first-order chi connectivity index (χ1) is 9.02. The number of halogens is 3. The van der Waals surface area contributed by atoms with Gasteiger partial charge in [-0.2, -0.15) is 8.78 Å². The number of rotatable bonds is 6. The molecule has 7 heteroatoms. The van der Waals surface area contributed by atoms with Gasteiger partial charge in [0.1, 0.15) is 0 Å². The van der Waals surface area contributed by atoms with E-state index in [0.717, 1.165) is 4.90 Å². The maximum Gasteiger partial charge on any atom is 0.371 e. The summed E-state index contributed by atoms with van der Waals surface area (Å²) in [6.45, 7) is 7.86. The van der Waals surface area contributed by atoms with E-state index >= 15 is 0 Å². The second-order valence-corrected chi connectivity index (χ2v) is 7.07. The Balaban J connectivity index is 3.03. The molecule has 0 N–H and O–H groups in total. The Bertz CT molecular complexity index is 340. The Morgan fingerprint density at radius 1 is 1.25 bits per heavy atom. The molecule has 0 aromatic rings. The van der Waals surface area contributed by atoms with E-state index in [-0.39, 0.29) is 19.7 Å². The van der Waals surface area contributed by atoms with Crippen LogP contribution in [0.5, 0.6) is 0 Å². The lowest BCUT2D eigenvalue weighted by Crippen LogP contribution is -2.64. The molecule has 0 aromatic heterocycles. The molecule has 0 bridgehead atoms. The molecule has 1 aliphatic heterocycles. The van der Waals surface area contributed by atoms with Crippen LogP contribution in [0.1, 0.15) is 27.7 Å². The SMILES string of the molecule is COCCN1C(Br)CN(C(C)(C)C(C)(C)OC)C1(F)F. The molecule has 4 nitrogen and oxygen atoms in total. The van der Waals surface area contributed by atoms with Gasteiger partial charge in [0.05, 0.1) is 22.7 Å². The Morgan fingerprint density at radius 3 is 2.25 bits per heavy atom. The molecule has 0 spiro atoms. The van der Waals surface area contributed by atoms with Crippen LogP contribution in [0.15, 0.2) is 0 Å². The molecular weight excluding hydrogens is 334 g/mol. The Hall–Kier alpha value is 0.180. The molecule has 0 saturated carbocycles. The molecule has 20 heavy (non-hydrogen) atoms. The van der Waals surface area contributed by atoms with E-state index < -0.39 is 22.3 Å². The van der Waals surface area contributed by atoms with Gasteiger partial charge in [-0.25, -0.2) is 9.80 Å². The quantitative estimate of drug-likeness (QED) is 0.538. The topological polar surface area (TPSA) is 24.9 Å². The molecule has 0 radical (unpaired) electrons. The van der Waals surface area contributed by atoms with Crippen LogP contribution in [0.25, 0.3) is 0 Å². The molecule has 1 atom stereocenters. The maximum atomic E-state index is 14.7. The van der Waals surface area contributed by atoms with Crippen molar-refractivity contribution in [3.63, 3.8) is 0 Å². The van der Waals surface area contributed by atoms with Gasteiger partial charge >= 0.3 is 6.17 Å². The minimum Gasteiger partial charge on any atom is -0.383 e. The highest BCUT2D eigenvalue weighted by molar-refractivity contribution is 9.09. The summed E-state index contributed by atoms with van der Waals surface area (Å²) in [5.74, 6) is 0. The van der Waals surface area contributed by atoms with Gasteiger partial charge in [-0.15, -0.1) is 0 Å². The largest absolute Gasteiger partial charge is 0.383 e. The molecular formula is C13H25BrF2N2O2. The summed E-state index contributed by atoms with van der Waals surface area (Å²) >= 11 is 3.34. The molecule has 120 valence electrons. The Morgan fingerprint density at radius 2 is 1.80 bits per heavy atom. The molecule has 0 aromatic carbocycles. The lowest BCUT2D eigenvalue weighted by molar-refractivity contribution is -0.262. The third-order valence-corrected chi connectivity index (χ3v) is 5.32. The number of nitrogens with zero attached hydrogens (tertiary/aromatic N) is 2. The summed E-state index contributed by atoms with van der Waals surface area (Å²) in [6, 6.07) is 0. The standard InChI is InChI=1S/C13H25BrF2N2O2/c1-11(2,12(3,4)20-6)18-9-10(14)17(7-8-19-5)13(18,15)16/h10H,7-9H2,1-6H3. The summed E-state index contributed by atoms with van der Waals surface area (Å²) in [5.41, 5.74) is -1.54. The summed E-state index contributed by atoms with van der Waals surface area (Å²) in [7, 11) is 3.05. The van der Waals surface area contributed by atoms with Crippen LogP contribution in [0, 0.1) is 0 Å². The molecule has 1 aliphatic rings. The van der Waals surface area contributed by atoms with Crippen LogP contribution < -0.4 is 0 Å². The lowest BCUT2D eigenvalue weighted by atomic mass is 9.84. The predicted octanol–water partition coefficient (Wildman–Crippen LogP) is 2.73. The van der Waals surface area contributed by atoms with E-state index in [9.17, 15) is 8.78 Å². The van der Waals surface area contributed by atoms with Gasteiger partial charge < -0.3 is 9.47 Å². The zero-order valence-electron chi connectivity index (χ0n) is 13.0. The highest BCUT2D eigenvalue weighted by Gasteiger charge is 2.61. The zero-order chi connectivity index (χ0) is 15.8. The summed E-state index contributed by atoms with van der Waals surface area (Å²) in [4.78, 5) is 1.89. The highest BCUT2D eigenvalue weighted by atomic mass is 79.9. The van der Waals surface area contributed by atoms with Crippen molar-refractivity contribution < 1.29 is 18.3 Å². The first kappa shape index (κ1) is 18.2. The molecule has 1 fully saturated rings. The molecule has 1 unspecified atom stereocenters. The van der Waals surface area contributed by atoms with Gasteiger partial charge in [0.2, 0.25) is 0 Å². The van der Waals surface area contributed by atoms with E-state index in [0.29, 0.717) is 0 Å². The van der Waals surface area contributed by atoms with Gasteiger partial charge in [0.15, 0.2) is 0 Å². The average molecular weight is 359 g/mol. The third kappa shape index (κ3) is 3.02. The smallest absolute Gasteiger partial charge is 0.371 e. The number of ether oxygens (including phenoxy) is 2. The number of alkyl halides is 3. The number of hydrogen-bond donors (Lipinski definition) is 0. The monoisotopic (exact) mass is 358 g/mol. The lowest BCUT2D eigenvalue weighted by Gasteiger charge is -2.48. The zero-order valence-corrected chi connectivity index (χ0v) is 14.6. The predicted molar refractivity (Wildman–Crippen MR) is 78.1 cm³/mol. The second kappa shape index (κ2) is 6.12. The van der Waals surface area contributed by atoms with Gasteiger partial charge in [-0.05, 0) is 27.7 Å². The minimum atomic E-state index is -3.05. The van der Waals surface area contributed by atoms with Crippen LogP contribution >= 0.6 is 15.9 Å². The summed E-state index contributed by atoms with van der Waals surface area (Å²) in [6.07, 6.45) is -3.05. The van der Waals surface area contributed by atoms with Crippen molar-refractivity contribution >= 4 is 15.9 Å². The van der Waals surface area contributed by atoms with Crippen molar-refractivity contribution in [2.24, 2.45) is 0 Å². The van der Waals surface area contributed by atoms with Gasteiger partial charge in [0, 0.05) is 27.3 Å². The van der Waals surface area contributed by atoms with Gasteiger partial charge in [-0.1, -0.05) is 15.9 Å². The fraction of sp³-hybridized carbons (Fsp3) is 1.00. The van der Waals surface area contributed by atoms with Crippen LogP contribution in [0.3, 0.4) is 0 Å². The van der Waals surface area contributed by atoms with Crippen molar-refractivity contribution in [1.82, 2.24) is 9.80 Å². The summed E-state index contributed by atoms with van der Waals surface area (Å²) in [5, 5.41) is 0. The molecule has 1 rings (SSSR count). The van der Waals surface area contributed by atoms with E-state index in [1.807, 2.05) is 13.8 Å². The Kier molecular flexibility index (Phi) is 5.58. The third-order valence-electron chi connectivity index (χ3n) is 4.54. The number of hydrogen-bond acceptors (Lipinski definition) is 4. The van der Waals surface area contributed by atoms with Gasteiger partial charge in [0.25, 0.3) is 0 Å². The van der Waals surface area contributed by atoms with Crippen LogP contribution in [-0.4, -0.2) is 66.0 Å². The van der Waals surface area contributed by atoms with E-state index in [1.165, 1.54) is 12.0 Å². The van der Waals surface area contributed by atoms with Crippen molar-refractivity contribution in [2.45, 2.75) is 50.0 Å². The first-order valence-electron chi connectivity index (χ1n) is 6.63. The van der Waals surface area contributed by atoms with Crippen molar-refractivity contribution in [3.05, 3.63) is 0 Å². The molecule has 1 saturated heterocycles. The maximum absolute atomic E-state index is 14.7. The second-order valence-electron chi connectivity index (χ2n) is 6.01. The minimum absolute atomic E-state index is 0.166. The normalized spacial score (nSPS) is 25.4. The molecule has 1 heterocycles. The van der Waals surface area contributed by atoms with E-state index in [1.54, 1.807) is 21.0 Å². The first-order valence-corrected chi connectivity index (χ1v) is 7.54. The van der Waals surface area contributed by atoms with E-state index in [2.05, 4.69) is 15.9 Å². The molecule has 0 aliphatic carbocycles. The average Bonchev–Trinajstić information content (AvgIpc) is 2.57. The van der Waals surface area contributed by atoms with Crippen LogP contribution in [-0.2, 0) is 9.47 Å². The Labute approximate surface area is 128 Å². The van der Waals surface area contributed by atoms with Crippen molar-refractivity contribution in [3.8, 4) is 0 Å². The summed E-state index contributed by atoms with van der Waals surface area (Å²) < 4.78 is 39.8. The highest BCUT2D eigenvalue weighted by Crippen LogP contribution is 2.44.